The second-order valence-corrected chi connectivity index (χ2v) is 4.22. The molecule has 0 atom stereocenters. The lowest BCUT2D eigenvalue weighted by Crippen LogP contribution is -2.14. The number of hydrogen-bond donors (Lipinski definition) is 3. The maximum absolute atomic E-state index is 12.8. The topological polar surface area (TPSA) is 74.2 Å². The van der Waals surface area contributed by atoms with Crippen molar-refractivity contribution in [3.8, 4) is 0 Å². The lowest BCUT2D eigenvalue weighted by Gasteiger charge is -2.09. The predicted molar refractivity (Wildman–Crippen MR) is 76.9 cm³/mol. The van der Waals surface area contributed by atoms with Crippen molar-refractivity contribution in [3.05, 3.63) is 65.7 Å². The lowest BCUT2D eigenvalue weighted by molar-refractivity contribution is -0.124. The quantitative estimate of drug-likeness (QED) is 0.448. The summed E-state index contributed by atoms with van der Waals surface area (Å²) in [6, 6.07) is 10.3. The third-order valence-corrected chi connectivity index (χ3v) is 2.73. The van der Waals surface area contributed by atoms with E-state index in [9.17, 15) is 9.18 Å². The second-order valence-electron chi connectivity index (χ2n) is 4.22. The van der Waals surface area contributed by atoms with Crippen LogP contribution in [0.1, 0.15) is 11.3 Å². The number of aromatic nitrogens is 1. The van der Waals surface area contributed by atoms with Gasteiger partial charge in [0.1, 0.15) is 5.82 Å². The van der Waals surface area contributed by atoms with Gasteiger partial charge in [0.05, 0.1) is 18.4 Å². The average Bonchev–Trinajstić information content (AvgIpc) is 2.52. The molecule has 5 nitrogen and oxygen atoms in total. The SMILES string of the molecule is O=C(/C=C/c1ccccc1NCc1ccc(F)cn1)NO. The summed E-state index contributed by atoms with van der Waals surface area (Å²) in [6.45, 7) is 0.428. The van der Waals surface area contributed by atoms with E-state index >= 15 is 0 Å². The molecule has 21 heavy (non-hydrogen) atoms. The van der Waals surface area contributed by atoms with Crippen LogP contribution in [-0.2, 0) is 11.3 Å². The van der Waals surface area contributed by atoms with Gasteiger partial charge in [-0.3, -0.25) is 15.0 Å². The molecule has 108 valence electrons. The Morgan fingerprint density at radius 2 is 2.10 bits per heavy atom. The van der Waals surface area contributed by atoms with Crippen LogP contribution in [-0.4, -0.2) is 16.1 Å². The molecule has 1 amide bonds. The Bertz CT molecular complexity index is 642. The van der Waals surface area contributed by atoms with Crippen LogP contribution < -0.4 is 10.8 Å². The van der Waals surface area contributed by atoms with Crippen LogP contribution in [0.4, 0.5) is 10.1 Å². The molecule has 0 radical (unpaired) electrons. The summed E-state index contributed by atoms with van der Waals surface area (Å²) in [4.78, 5) is 15.0. The molecule has 3 N–H and O–H groups in total. The van der Waals surface area contributed by atoms with E-state index in [1.165, 1.54) is 17.6 Å². The van der Waals surface area contributed by atoms with Gasteiger partial charge in [0.2, 0.25) is 0 Å². The minimum Gasteiger partial charge on any atom is -0.379 e. The molecular formula is C15H14FN3O2. The van der Waals surface area contributed by atoms with E-state index in [4.69, 9.17) is 5.21 Å². The van der Waals surface area contributed by atoms with E-state index in [-0.39, 0.29) is 5.82 Å². The zero-order chi connectivity index (χ0) is 15.1. The van der Waals surface area contributed by atoms with Crippen LogP contribution in [0.25, 0.3) is 6.08 Å². The Hall–Kier alpha value is -2.73. The van der Waals surface area contributed by atoms with Gasteiger partial charge < -0.3 is 5.32 Å². The van der Waals surface area contributed by atoms with Gasteiger partial charge in [0.25, 0.3) is 5.91 Å². The van der Waals surface area contributed by atoms with Crippen LogP contribution in [0.5, 0.6) is 0 Å². The van der Waals surface area contributed by atoms with Gasteiger partial charge in [0, 0.05) is 11.8 Å². The summed E-state index contributed by atoms with van der Waals surface area (Å²) in [5.74, 6) is -0.984. The smallest absolute Gasteiger partial charge is 0.267 e. The van der Waals surface area contributed by atoms with Gasteiger partial charge in [-0.15, -0.1) is 0 Å². The lowest BCUT2D eigenvalue weighted by atomic mass is 10.1. The number of amides is 1. The second kappa shape index (κ2) is 7.16. The minimum atomic E-state index is -0.606. The van der Waals surface area contributed by atoms with Gasteiger partial charge in [-0.2, -0.15) is 0 Å². The fraction of sp³-hybridized carbons (Fsp3) is 0.0667. The minimum absolute atomic E-state index is 0.378. The first-order valence-corrected chi connectivity index (χ1v) is 6.24. The van der Waals surface area contributed by atoms with Crippen molar-refractivity contribution in [3.63, 3.8) is 0 Å². The molecule has 1 heterocycles. The number of nitrogens with one attached hydrogen (secondary N) is 2. The van der Waals surface area contributed by atoms with Crippen LogP contribution in [0.2, 0.25) is 0 Å². The first-order chi connectivity index (χ1) is 10.2. The van der Waals surface area contributed by atoms with Crippen LogP contribution >= 0.6 is 0 Å². The van der Waals surface area contributed by atoms with Crippen molar-refractivity contribution in [2.24, 2.45) is 0 Å². The molecule has 0 saturated carbocycles. The molecule has 1 aromatic heterocycles. The van der Waals surface area contributed by atoms with E-state index < -0.39 is 5.91 Å². The highest BCUT2D eigenvalue weighted by Crippen LogP contribution is 2.17. The molecule has 0 bridgehead atoms. The molecular weight excluding hydrogens is 273 g/mol. The number of hydrogen-bond acceptors (Lipinski definition) is 4. The Morgan fingerprint density at radius 1 is 1.29 bits per heavy atom. The Balaban J connectivity index is 2.07. The fourth-order valence-electron chi connectivity index (χ4n) is 1.70. The Morgan fingerprint density at radius 3 is 2.81 bits per heavy atom. The molecule has 1 aromatic carbocycles. The summed E-state index contributed by atoms with van der Waals surface area (Å²) in [5, 5.41) is 11.6. The number of para-hydroxylation sites is 1. The summed E-state index contributed by atoms with van der Waals surface area (Å²) >= 11 is 0. The van der Waals surface area contributed by atoms with E-state index in [0.29, 0.717) is 12.2 Å². The fourth-order valence-corrected chi connectivity index (χ4v) is 1.70. The molecule has 0 saturated heterocycles. The highest BCUT2D eigenvalue weighted by molar-refractivity contribution is 5.91. The molecule has 0 aliphatic carbocycles. The van der Waals surface area contributed by atoms with Gasteiger partial charge in [-0.1, -0.05) is 18.2 Å². The number of rotatable bonds is 5. The van der Waals surface area contributed by atoms with Crippen LogP contribution in [0.3, 0.4) is 0 Å². The third-order valence-electron chi connectivity index (χ3n) is 2.73. The summed E-state index contributed by atoms with van der Waals surface area (Å²) in [6.07, 6.45) is 3.96. The van der Waals surface area contributed by atoms with Crippen molar-refractivity contribution in [1.29, 1.82) is 0 Å². The van der Waals surface area contributed by atoms with Crippen molar-refractivity contribution in [1.82, 2.24) is 10.5 Å². The summed E-state index contributed by atoms with van der Waals surface area (Å²) in [5.41, 5.74) is 3.80. The van der Waals surface area contributed by atoms with Crippen molar-refractivity contribution >= 4 is 17.7 Å². The normalized spacial score (nSPS) is 10.6. The maximum atomic E-state index is 12.8. The Kier molecular flexibility index (Phi) is 5.00. The maximum Gasteiger partial charge on any atom is 0.267 e. The molecule has 0 unspecified atom stereocenters. The zero-order valence-electron chi connectivity index (χ0n) is 11.1. The van der Waals surface area contributed by atoms with E-state index in [1.807, 2.05) is 24.3 Å². The number of anilines is 1. The number of hydroxylamine groups is 1. The molecule has 2 aromatic rings. The number of halogens is 1. The molecule has 0 aliphatic rings. The van der Waals surface area contributed by atoms with E-state index in [2.05, 4.69) is 10.3 Å². The van der Waals surface area contributed by atoms with E-state index in [0.717, 1.165) is 17.4 Å². The van der Waals surface area contributed by atoms with Crippen LogP contribution in [0.15, 0.2) is 48.7 Å². The number of nitrogens with zero attached hydrogens (tertiary/aromatic N) is 1. The molecule has 6 heteroatoms. The molecule has 2 rings (SSSR count). The van der Waals surface area contributed by atoms with Gasteiger partial charge in [0.15, 0.2) is 0 Å². The highest BCUT2D eigenvalue weighted by Gasteiger charge is 2.01. The van der Waals surface area contributed by atoms with Gasteiger partial charge >= 0.3 is 0 Å². The molecule has 0 aliphatic heterocycles. The number of pyridine rings is 1. The predicted octanol–water partition coefficient (Wildman–Crippen LogP) is 2.35. The highest BCUT2D eigenvalue weighted by atomic mass is 19.1. The van der Waals surface area contributed by atoms with Gasteiger partial charge in [-0.25, -0.2) is 9.87 Å². The molecule has 0 spiro atoms. The van der Waals surface area contributed by atoms with Crippen LogP contribution in [0, 0.1) is 5.82 Å². The summed E-state index contributed by atoms with van der Waals surface area (Å²) < 4.78 is 12.8. The largest absolute Gasteiger partial charge is 0.379 e. The average molecular weight is 287 g/mol. The van der Waals surface area contributed by atoms with Crippen molar-refractivity contribution in [2.45, 2.75) is 6.54 Å². The number of benzene rings is 1. The number of carbonyl (C=O) groups is 1. The first kappa shape index (κ1) is 14.7. The standard InChI is InChI=1S/C15H14FN3O2/c16-12-6-7-13(17-9-12)10-18-14-4-2-1-3-11(14)5-8-15(20)19-21/h1-9,18,21H,10H2,(H,19,20)/b8-5+. The number of carbonyl (C=O) groups excluding carboxylic acids is 1. The molecule has 0 fully saturated rings. The third kappa shape index (κ3) is 4.39. The van der Waals surface area contributed by atoms with E-state index in [1.54, 1.807) is 12.1 Å². The van der Waals surface area contributed by atoms with Crippen molar-refractivity contribution in [2.75, 3.05) is 5.32 Å². The Labute approximate surface area is 121 Å². The van der Waals surface area contributed by atoms with Crippen molar-refractivity contribution < 1.29 is 14.4 Å². The van der Waals surface area contributed by atoms with Gasteiger partial charge in [-0.05, 0) is 29.8 Å². The zero-order valence-corrected chi connectivity index (χ0v) is 11.1. The monoisotopic (exact) mass is 287 g/mol. The first-order valence-electron chi connectivity index (χ1n) is 6.24. The summed E-state index contributed by atoms with van der Waals surface area (Å²) in [7, 11) is 0.